The fourth-order valence-corrected chi connectivity index (χ4v) is 3.04. The molecule has 0 saturated heterocycles. The van der Waals surface area contributed by atoms with Gasteiger partial charge in [-0.1, -0.05) is 30.3 Å². The van der Waals surface area contributed by atoms with Crippen LogP contribution in [0.25, 0.3) is 0 Å². The van der Waals surface area contributed by atoms with Crippen LogP contribution in [0.3, 0.4) is 0 Å². The Kier molecular flexibility index (Phi) is 5.83. The highest BCUT2D eigenvalue weighted by Gasteiger charge is 2.26. The first-order chi connectivity index (χ1) is 9.33. The van der Waals surface area contributed by atoms with Gasteiger partial charge in [0.1, 0.15) is 0 Å². The van der Waals surface area contributed by atoms with Crippen molar-refractivity contribution in [3.8, 4) is 0 Å². The molecule has 106 valence electrons. The molecule has 2 N–H and O–H groups in total. The molecule has 1 aromatic rings. The number of methoxy groups -OCH3 is 1. The molecule has 1 aliphatic carbocycles. The lowest BCUT2D eigenvalue weighted by molar-refractivity contribution is 0.0263. The minimum absolute atomic E-state index is 0.426. The van der Waals surface area contributed by atoms with Crippen LogP contribution in [-0.4, -0.2) is 37.2 Å². The van der Waals surface area contributed by atoms with Gasteiger partial charge in [0, 0.05) is 32.8 Å². The van der Waals surface area contributed by atoms with Crippen LogP contribution in [0.2, 0.25) is 0 Å². The number of ether oxygens (including phenoxy) is 1. The predicted octanol–water partition coefficient (Wildman–Crippen LogP) is 2.40. The van der Waals surface area contributed by atoms with Gasteiger partial charge in [-0.05, 0) is 31.2 Å². The summed E-state index contributed by atoms with van der Waals surface area (Å²) in [5.41, 5.74) is 7.15. The normalized spacial score (nSPS) is 23.7. The Bertz CT molecular complexity index is 355. The van der Waals surface area contributed by atoms with Crippen LogP contribution in [0, 0.1) is 0 Å². The topological polar surface area (TPSA) is 38.5 Å². The van der Waals surface area contributed by atoms with E-state index in [1.165, 1.54) is 24.8 Å². The third kappa shape index (κ3) is 4.30. The van der Waals surface area contributed by atoms with E-state index in [4.69, 9.17) is 10.5 Å². The van der Waals surface area contributed by atoms with Gasteiger partial charge in [-0.2, -0.15) is 0 Å². The molecule has 0 heterocycles. The molecular weight excluding hydrogens is 236 g/mol. The maximum atomic E-state index is 5.78. The first-order valence-electron chi connectivity index (χ1n) is 7.34. The Morgan fingerprint density at radius 2 is 2.05 bits per heavy atom. The smallest absolute Gasteiger partial charge is 0.0586 e. The van der Waals surface area contributed by atoms with Crippen LogP contribution in [0.4, 0.5) is 0 Å². The standard InChI is InChI=1S/C16H26N2O/c1-19-16-9-5-8-15(12-16)18(11-10-17)13-14-6-3-2-4-7-14/h2-4,6-7,15-16H,5,8-13,17H2,1H3. The maximum Gasteiger partial charge on any atom is 0.0586 e. The molecule has 1 fully saturated rings. The summed E-state index contributed by atoms with van der Waals surface area (Å²) < 4.78 is 5.54. The van der Waals surface area contributed by atoms with Crippen molar-refractivity contribution in [2.75, 3.05) is 20.2 Å². The van der Waals surface area contributed by atoms with E-state index in [2.05, 4.69) is 35.2 Å². The Morgan fingerprint density at radius 3 is 2.74 bits per heavy atom. The van der Waals surface area contributed by atoms with Crippen molar-refractivity contribution in [2.24, 2.45) is 5.73 Å². The van der Waals surface area contributed by atoms with Crippen LogP contribution >= 0.6 is 0 Å². The summed E-state index contributed by atoms with van der Waals surface area (Å²) >= 11 is 0. The number of hydrogen-bond donors (Lipinski definition) is 1. The first-order valence-corrected chi connectivity index (χ1v) is 7.34. The molecule has 0 amide bonds. The summed E-state index contributed by atoms with van der Waals surface area (Å²) in [4.78, 5) is 2.53. The van der Waals surface area contributed by atoms with Crippen molar-refractivity contribution in [2.45, 2.75) is 44.4 Å². The van der Waals surface area contributed by atoms with Gasteiger partial charge < -0.3 is 10.5 Å². The van der Waals surface area contributed by atoms with E-state index in [9.17, 15) is 0 Å². The molecular formula is C16H26N2O. The molecule has 0 aromatic heterocycles. The molecule has 2 atom stereocenters. The molecule has 19 heavy (non-hydrogen) atoms. The maximum absolute atomic E-state index is 5.78. The summed E-state index contributed by atoms with van der Waals surface area (Å²) in [6.45, 7) is 2.69. The van der Waals surface area contributed by atoms with Gasteiger partial charge in [-0.25, -0.2) is 0 Å². The minimum atomic E-state index is 0.426. The highest BCUT2D eigenvalue weighted by molar-refractivity contribution is 5.14. The zero-order valence-corrected chi connectivity index (χ0v) is 11.9. The summed E-state index contributed by atoms with van der Waals surface area (Å²) in [7, 11) is 1.83. The van der Waals surface area contributed by atoms with E-state index < -0.39 is 0 Å². The molecule has 0 spiro atoms. The lowest BCUT2D eigenvalue weighted by atomic mass is 9.91. The second-order valence-corrected chi connectivity index (χ2v) is 5.42. The number of rotatable bonds is 6. The van der Waals surface area contributed by atoms with Crippen molar-refractivity contribution >= 4 is 0 Å². The van der Waals surface area contributed by atoms with Gasteiger partial charge in [0.2, 0.25) is 0 Å². The Balaban J connectivity index is 1.98. The number of nitrogens with two attached hydrogens (primary N) is 1. The molecule has 0 aliphatic heterocycles. The van der Waals surface area contributed by atoms with Crippen molar-refractivity contribution in [1.29, 1.82) is 0 Å². The Hall–Kier alpha value is -0.900. The van der Waals surface area contributed by atoms with Crippen LogP contribution in [0.15, 0.2) is 30.3 Å². The molecule has 1 aliphatic rings. The third-order valence-corrected chi connectivity index (χ3v) is 4.09. The minimum Gasteiger partial charge on any atom is -0.381 e. The van der Waals surface area contributed by atoms with Crippen molar-refractivity contribution in [3.05, 3.63) is 35.9 Å². The Morgan fingerprint density at radius 1 is 1.26 bits per heavy atom. The van der Waals surface area contributed by atoms with E-state index >= 15 is 0 Å². The van der Waals surface area contributed by atoms with Crippen LogP contribution in [-0.2, 0) is 11.3 Å². The average Bonchev–Trinajstić information content (AvgIpc) is 2.48. The molecule has 3 nitrogen and oxygen atoms in total. The summed E-state index contributed by atoms with van der Waals surface area (Å²) in [5, 5.41) is 0. The quantitative estimate of drug-likeness (QED) is 0.855. The van der Waals surface area contributed by atoms with Gasteiger partial charge in [-0.3, -0.25) is 4.90 Å². The molecule has 2 unspecified atom stereocenters. The third-order valence-electron chi connectivity index (χ3n) is 4.09. The second kappa shape index (κ2) is 7.63. The summed E-state index contributed by atoms with van der Waals surface area (Å²) in [5.74, 6) is 0. The zero-order valence-electron chi connectivity index (χ0n) is 11.9. The van der Waals surface area contributed by atoms with Gasteiger partial charge in [0.15, 0.2) is 0 Å². The average molecular weight is 262 g/mol. The summed E-state index contributed by atoms with van der Waals surface area (Å²) in [6.07, 6.45) is 5.30. The Labute approximate surface area is 116 Å². The molecule has 1 aromatic carbocycles. The fraction of sp³-hybridized carbons (Fsp3) is 0.625. The zero-order chi connectivity index (χ0) is 13.5. The highest BCUT2D eigenvalue weighted by Crippen LogP contribution is 2.25. The van der Waals surface area contributed by atoms with Gasteiger partial charge in [-0.15, -0.1) is 0 Å². The molecule has 1 saturated carbocycles. The van der Waals surface area contributed by atoms with Gasteiger partial charge in [0.05, 0.1) is 6.10 Å². The number of benzene rings is 1. The first kappa shape index (κ1) is 14.5. The van der Waals surface area contributed by atoms with Crippen LogP contribution in [0.1, 0.15) is 31.2 Å². The number of nitrogens with zero attached hydrogens (tertiary/aromatic N) is 1. The monoisotopic (exact) mass is 262 g/mol. The van der Waals surface area contributed by atoms with Crippen molar-refractivity contribution in [3.63, 3.8) is 0 Å². The fourth-order valence-electron chi connectivity index (χ4n) is 3.04. The predicted molar refractivity (Wildman–Crippen MR) is 79.0 cm³/mol. The van der Waals surface area contributed by atoms with Gasteiger partial charge in [0.25, 0.3) is 0 Å². The van der Waals surface area contributed by atoms with Crippen molar-refractivity contribution < 1.29 is 4.74 Å². The van der Waals surface area contributed by atoms with Crippen LogP contribution < -0.4 is 5.73 Å². The summed E-state index contributed by atoms with van der Waals surface area (Å²) in [6, 6.07) is 11.3. The highest BCUT2D eigenvalue weighted by atomic mass is 16.5. The lowest BCUT2D eigenvalue weighted by Crippen LogP contribution is -2.42. The van der Waals surface area contributed by atoms with Crippen LogP contribution in [0.5, 0.6) is 0 Å². The van der Waals surface area contributed by atoms with E-state index in [1.807, 2.05) is 7.11 Å². The van der Waals surface area contributed by atoms with E-state index in [0.717, 1.165) is 26.1 Å². The van der Waals surface area contributed by atoms with Gasteiger partial charge >= 0.3 is 0 Å². The van der Waals surface area contributed by atoms with E-state index in [1.54, 1.807) is 0 Å². The molecule has 3 heteroatoms. The SMILES string of the molecule is COC1CCCC(N(CCN)Cc2ccccc2)C1. The van der Waals surface area contributed by atoms with Crippen molar-refractivity contribution in [1.82, 2.24) is 4.90 Å². The molecule has 0 bridgehead atoms. The lowest BCUT2D eigenvalue weighted by Gasteiger charge is -2.37. The largest absolute Gasteiger partial charge is 0.381 e. The second-order valence-electron chi connectivity index (χ2n) is 5.42. The molecule has 0 radical (unpaired) electrons. The number of hydrogen-bond acceptors (Lipinski definition) is 3. The molecule has 2 rings (SSSR count). The van der Waals surface area contributed by atoms with E-state index in [0.29, 0.717) is 12.1 Å². The van der Waals surface area contributed by atoms with E-state index in [-0.39, 0.29) is 0 Å².